The van der Waals surface area contributed by atoms with Crippen molar-refractivity contribution in [2.45, 2.75) is 13.0 Å². The van der Waals surface area contributed by atoms with Gasteiger partial charge in [0.15, 0.2) is 6.61 Å². The van der Waals surface area contributed by atoms with Crippen LogP contribution in [-0.2, 0) is 9.53 Å². The van der Waals surface area contributed by atoms with Crippen LogP contribution in [0.25, 0.3) is 5.69 Å². The largest absolute Gasteiger partial charge is 0.452 e. The molecule has 0 spiro atoms. The summed E-state index contributed by atoms with van der Waals surface area (Å²) in [6, 6.07) is 15.9. The third-order valence-corrected chi connectivity index (χ3v) is 3.73. The minimum atomic E-state index is -0.573. The number of rotatable bonds is 6. The van der Waals surface area contributed by atoms with Crippen LogP contribution in [-0.4, -0.2) is 38.7 Å². The molecular formula is C18H17N5O3. The molecule has 26 heavy (non-hydrogen) atoms. The number of carbonyl (C=O) groups is 2. The van der Waals surface area contributed by atoms with Crippen LogP contribution in [0.1, 0.15) is 28.9 Å². The summed E-state index contributed by atoms with van der Waals surface area (Å²) in [5, 5.41) is 13.6. The zero-order valence-electron chi connectivity index (χ0n) is 14.1. The van der Waals surface area contributed by atoms with E-state index in [4.69, 9.17) is 4.74 Å². The monoisotopic (exact) mass is 351 g/mol. The number of esters is 1. The van der Waals surface area contributed by atoms with Crippen LogP contribution in [0.5, 0.6) is 0 Å². The molecule has 0 radical (unpaired) electrons. The van der Waals surface area contributed by atoms with Gasteiger partial charge in [-0.05, 0) is 47.2 Å². The maximum Gasteiger partial charge on any atom is 0.338 e. The van der Waals surface area contributed by atoms with Crippen molar-refractivity contribution < 1.29 is 14.3 Å². The van der Waals surface area contributed by atoms with E-state index in [1.807, 2.05) is 37.3 Å². The van der Waals surface area contributed by atoms with Gasteiger partial charge < -0.3 is 10.1 Å². The lowest BCUT2D eigenvalue weighted by Gasteiger charge is -2.14. The van der Waals surface area contributed by atoms with E-state index < -0.39 is 5.97 Å². The fourth-order valence-corrected chi connectivity index (χ4v) is 2.35. The van der Waals surface area contributed by atoms with Crippen molar-refractivity contribution in [3.8, 4) is 5.69 Å². The lowest BCUT2D eigenvalue weighted by atomic mass is 10.1. The van der Waals surface area contributed by atoms with E-state index in [1.165, 1.54) is 11.0 Å². The van der Waals surface area contributed by atoms with E-state index in [0.29, 0.717) is 11.3 Å². The van der Waals surface area contributed by atoms with E-state index in [-0.39, 0.29) is 18.6 Å². The van der Waals surface area contributed by atoms with Crippen LogP contribution in [0, 0.1) is 0 Å². The van der Waals surface area contributed by atoms with Gasteiger partial charge in [0.25, 0.3) is 5.91 Å². The standard InChI is InChI=1S/C18H17N5O3/c1-13(14-5-3-2-4-6-14)20-17(24)11-26-18(25)15-7-9-16(10-8-15)23-12-19-21-22-23/h2-10,12-13H,11H2,1H3,(H,20,24)/t13-/m0/s1. The van der Waals surface area contributed by atoms with Crippen LogP contribution in [0.3, 0.4) is 0 Å². The first kappa shape index (κ1) is 17.3. The second-order valence-electron chi connectivity index (χ2n) is 5.58. The Morgan fingerprint density at radius 1 is 1.12 bits per heavy atom. The molecule has 8 nitrogen and oxygen atoms in total. The van der Waals surface area contributed by atoms with Gasteiger partial charge in [0.1, 0.15) is 6.33 Å². The molecule has 1 N–H and O–H groups in total. The van der Waals surface area contributed by atoms with Gasteiger partial charge in [0, 0.05) is 0 Å². The Labute approximate surface area is 149 Å². The van der Waals surface area contributed by atoms with Gasteiger partial charge in [-0.2, -0.15) is 0 Å². The van der Waals surface area contributed by atoms with Crippen molar-refractivity contribution in [3.05, 3.63) is 72.1 Å². The summed E-state index contributed by atoms with van der Waals surface area (Å²) in [7, 11) is 0. The summed E-state index contributed by atoms with van der Waals surface area (Å²) in [6.45, 7) is 1.53. The highest BCUT2D eigenvalue weighted by Gasteiger charge is 2.13. The van der Waals surface area contributed by atoms with Crippen molar-refractivity contribution in [1.82, 2.24) is 25.5 Å². The second kappa shape index (κ2) is 8.02. The van der Waals surface area contributed by atoms with Crippen LogP contribution >= 0.6 is 0 Å². The first-order chi connectivity index (χ1) is 12.6. The van der Waals surface area contributed by atoms with Gasteiger partial charge in [-0.1, -0.05) is 30.3 Å². The van der Waals surface area contributed by atoms with Gasteiger partial charge in [0.05, 0.1) is 17.3 Å². The smallest absolute Gasteiger partial charge is 0.338 e. The number of hydrogen-bond donors (Lipinski definition) is 1. The number of nitrogens with zero attached hydrogens (tertiary/aromatic N) is 4. The van der Waals surface area contributed by atoms with Crippen LogP contribution in [0.2, 0.25) is 0 Å². The highest BCUT2D eigenvalue weighted by Crippen LogP contribution is 2.11. The number of aromatic nitrogens is 4. The number of amides is 1. The summed E-state index contributed by atoms with van der Waals surface area (Å²) in [6.07, 6.45) is 1.45. The fourth-order valence-electron chi connectivity index (χ4n) is 2.35. The summed E-state index contributed by atoms with van der Waals surface area (Å²) >= 11 is 0. The van der Waals surface area contributed by atoms with Gasteiger partial charge >= 0.3 is 5.97 Å². The Kier molecular flexibility index (Phi) is 5.33. The molecule has 0 unspecified atom stereocenters. The summed E-state index contributed by atoms with van der Waals surface area (Å²) < 4.78 is 6.52. The highest BCUT2D eigenvalue weighted by atomic mass is 16.5. The maximum absolute atomic E-state index is 12.1. The van der Waals surface area contributed by atoms with Gasteiger partial charge in [-0.3, -0.25) is 4.79 Å². The van der Waals surface area contributed by atoms with Crippen molar-refractivity contribution >= 4 is 11.9 Å². The van der Waals surface area contributed by atoms with Gasteiger partial charge in [0.2, 0.25) is 0 Å². The molecule has 2 aromatic carbocycles. The molecular weight excluding hydrogens is 334 g/mol. The Hall–Kier alpha value is -3.55. The number of benzene rings is 2. The lowest BCUT2D eigenvalue weighted by Crippen LogP contribution is -2.31. The van der Waals surface area contributed by atoms with E-state index in [2.05, 4.69) is 20.8 Å². The average molecular weight is 351 g/mol. The Morgan fingerprint density at radius 2 is 1.85 bits per heavy atom. The number of nitrogens with one attached hydrogen (secondary N) is 1. The van der Waals surface area contributed by atoms with E-state index in [1.54, 1.807) is 24.3 Å². The molecule has 3 rings (SSSR count). The molecule has 8 heteroatoms. The molecule has 0 aliphatic carbocycles. The van der Waals surface area contributed by atoms with Crippen molar-refractivity contribution in [2.75, 3.05) is 6.61 Å². The molecule has 0 bridgehead atoms. The first-order valence-electron chi connectivity index (χ1n) is 7.98. The second-order valence-corrected chi connectivity index (χ2v) is 5.58. The minimum absolute atomic E-state index is 0.169. The maximum atomic E-state index is 12.1. The van der Waals surface area contributed by atoms with Crippen molar-refractivity contribution in [2.24, 2.45) is 0 Å². The summed E-state index contributed by atoms with van der Waals surface area (Å²) in [4.78, 5) is 24.0. The average Bonchev–Trinajstić information content (AvgIpc) is 3.21. The quantitative estimate of drug-likeness (QED) is 0.679. The number of carbonyl (C=O) groups excluding carboxylic acids is 2. The molecule has 1 aromatic heterocycles. The SMILES string of the molecule is C[C@H](NC(=O)COC(=O)c1ccc(-n2cnnn2)cc1)c1ccccc1. The zero-order chi connectivity index (χ0) is 18.4. The summed E-state index contributed by atoms with van der Waals surface area (Å²) in [5.41, 5.74) is 2.03. The zero-order valence-corrected chi connectivity index (χ0v) is 14.1. The molecule has 0 aliphatic rings. The van der Waals surface area contributed by atoms with Gasteiger partial charge in [-0.15, -0.1) is 5.10 Å². The third-order valence-electron chi connectivity index (χ3n) is 3.73. The molecule has 1 heterocycles. The molecule has 0 saturated heterocycles. The first-order valence-corrected chi connectivity index (χ1v) is 7.98. The topological polar surface area (TPSA) is 99.0 Å². The molecule has 3 aromatic rings. The lowest BCUT2D eigenvalue weighted by molar-refractivity contribution is -0.124. The normalized spacial score (nSPS) is 11.6. The van der Waals surface area contributed by atoms with Crippen LogP contribution in [0.15, 0.2) is 60.9 Å². The molecule has 0 aliphatic heterocycles. The minimum Gasteiger partial charge on any atom is -0.452 e. The van der Waals surface area contributed by atoms with Gasteiger partial charge in [-0.25, -0.2) is 9.48 Å². The molecule has 132 valence electrons. The fraction of sp³-hybridized carbons (Fsp3) is 0.167. The predicted octanol–water partition coefficient (Wildman–Crippen LogP) is 1.70. The van der Waals surface area contributed by atoms with E-state index in [0.717, 1.165) is 5.56 Å². The number of tetrazole rings is 1. The highest BCUT2D eigenvalue weighted by molar-refractivity contribution is 5.91. The molecule has 1 amide bonds. The number of hydrogen-bond acceptors (Lipinski definition) is 6. The third kappa shape index (κ3) is 4.29. The Bertz CT molecular complexity index is 864. The van der Waals surface area contributed by atoms with E-state index in [9.17, 15) is 9.59 Å². The Balaban J connectivity index is 1.51. The Morgan fingerprint density at radius 3 is 2.50 bits per heavy atom. The van der Waals surface area contributed by atoms with Crippen LogP contribution in [0.4, 0.5) is 0 Å². The molecule has 1 atom stereocenters. The van der Waals surface area contributed by atoms with Crippen molar-refractivity contribution in [1.29, 1.82) is 0 Å². The van der Waals surface area contributed by atoms with Crippen molar-refractivity contribution in [3.63, 3.8) is 0 Å². The van der Waals surface area contributed by atoms with Crippen LogP contribution < -0.4 is 5.32 Å². The summed E-state index contributed by atoms with van der Waals surface area (Å²) in [5.74, 6) is -0.934. The molecule has 0 saturated carbocycles. The predicted molar refractivity (Wildman–Crippen MR) is 92.4 cm³/mol. The molecule has 0 fully saturated rings. The number of ether oxygens (including phenoxy) is 1. The van der Waals surface area contributed by atoms with E-state index >= 15 is 0 Å².